The molecule has 1 aliphatic heterocycles. The van der Waals surface area contributed by atoms with Crippen LogP contribution in [0.3, 0.4) is 0 Å². The molecule has 0 bridgehead atoms. The summed E-state index contributed by atoms with van der Waals surface area (Å²) in [6, 6.07) is 8.85. The van der Waals surface area contributed by atoms with Crippen molar-refractivity contribution in [3.63, 3.8) is 0 Å². The zero-order valence-electron chi connectivity index (χ0n) is 13.7. The minimum Gasteiger partial charge on any atom is -0.480 e. The third-order valence-corrected chi connectivity index (χ3v) is 4.63. The van der Waals surface area contributed by atoms with Gasteiger partial charge in [0.25, 0.3) is 5.56 Å². The van der Waals surface area contributed by atoms with Gasteiger partial charge in [-0.05, 0) is 25.0 Å². The average molecular weight is 326 g/mol. The fraction of sp³-hybridized carbons (Fsp3) is 0.278. The summed E-state index contributed by atoms with van der Waals surface area (Å²) in [5.41, 5.74) is 3.20. The highest BCUT2D eigenvalue weighted by Gasteiger charge is 2.33. The van der Waals surface area contributed by atoms with Crippen LogP contribution in [0.5, 0.6) is 0 Å². The van der Waals surface area contributed by atoms with Crippen LogP contribution in [-0.4, -0.2) is 28.1 Å². The highest BCUT2D eigenvalue weighted by Crippen LogP contribution is 2.41. The van der Waals surface area contributed by atoms with Gasteiger partial charge in [0.05, 0.1) is 11.6 Å². The Morgan fingerprint density at radius 3 is 2.58 bits per heavy atom. The molecule has 0 radical (unpaired) electrons. The second-order valence-electron chi connectivity index (χ2n) is 6.01. The molecule has 124 valence electrons. The third-order valence-electron chi connectivity index (χ3n) is 4.63. The molecule has 1 atom stereocenters. The van der Waals surface area contributed by atoms with E-state index in [0.717, 1.165) is 16.7 Å². The standard InChI is InChI=1S/C18H18N2O4/c1-10-12-6-4-5-7-13(12)17-11(2)19(3)15(21)8-14(17)20(18(10)24)9-16(22)23/h4-8,10H,9H2,1-3H3,(H,22,23). The lowest BCUT2D eigenvalue weighted by molar-refractivity contribution is -0.136. The molecular weight excluding hydrogens is 308 g/mol. The summed E-state index contributed by atoms with van der Waals surface area (Å²) in [5, 5.41) is 9.22. The van der Waals surface area contributed by atoms with Crippen LogP contribution < -0.4 is 10.5 Å². The van der Waals surface area contributed by atoms with E-state index in [9.17, 15) is 19.5 Å². The summed E-state index contributed by atoms with van der Waals surface area (Å²) in [5.74, 6) is -1.94. The highest BCUT2D eigenvalue weighted by atomic mass is 16.4. The average Bonchev–Trinajstić information content (AvgIpc) is 2.63. The van der Waals surface area contributed by atoms with Gasteiger partial charge in [-0.1, -0.05) is 24.3 Å². The largest absolute Gasteiger partial charge is 0.480 e. The molecule has 3 rings (SSSR count). The maximum Gasteiger partial charge on any atom is 0.323 e. The maximum atomic E-state index is 12.9. The molecule has 2 aromatic rings. The van der Waals surface area contributed by atoms with E-state index in [1.165, 1.54) is 15.5 Å². The maximum absolute atomic E-state index is 12.9. The summed E-state index contributed by atoms with van der Waals surface area (Å²) in [7, 11) is 1.66. The summed E-state index contributed by atoms with van der Waals surface area (Å²) < 4.78 is 1.51. The van der Waals surface area contributed by atoms with Gasteiger partial charge in [-0.3, -0.25) is 19.3 Å². The van der Waals surface area contributed by atoms with Crippen LogP contribution in [0.15, 0.2) is 35.1 Å². The van der Waals surface area contributed by atoms with Crippen LogP contribution >= 0.6 is 0 Å². The van der Waals surface area contributed by atoms with Gasteiger partial charge in [-0.25, -0.2) is 0 Å². The van der Waals surface area contributed by atoms with Crippen LogP contribution in [0.1, 0.15) is 24.1 Å². The molecule has 1 N–H and O–H groups in total. The number of carbonyl (C=O) groups is 2. The highest BCUT2D eigenvalue weighted by molar-refractivity contribution is 6.07. The number of hydrogen-bond donors (Lipinski definition) is 1. The molecule has 0 aliphatic carbocycles. The molecule has 1 amide bonds. The third kappa shape index (κ3) is 2.31. The first kappa shape index (κ1) is 16.0. The summed E-state index contributed by atoms with van der Waals surface area (Å²) in [6.45, 7) is 3.09. The molecule has 0 saturated heterocycles. The predicted molar refractivity (Wildman–Crippen MR) is 90.3 cm³/mol. The number of carboxylic acids is 1. The Labute approximate surface area is 139 Å². The molecular formula is C18H18N2O4. The van der Waals surface area contributed by atoms with Crippen molar-refractivity contribution >= 4 is 17.6 Å². The smallest absolute Gasteiger partial charge is 0.323 e. The second-order valence-corrected chi connectivity index (χ2v) is 6.01. The Kier molecular flexibility index (Phi) is 3.75. The number of amides is 1. The van der Waals surface area contributed by atoms with Gasteiger partial charge in [-0.2, -0.15) is 0 Å². The number of carboxylic acid groups (broad SMARTS) is 1. The number of rotatable bonds is 2. The Hall–Kier alpha value is -2.89. The van der Waals surface area contributed by atoms with Crippen LogP contribution in [0.2, 0.25) is 0 Å². The van der Waals surface area contributed by atoms with Crippen molar-refractivity contribution in [3.8, 4) is 11.1 Å². The minimum absolute atomic E-state index is 0.276. The molecule has 1 aromatic carbocycles. The van der Waals surface area contributed by atoms with E-state index in [4.69, 9.17) is 0 Å². The number of aromatic nitrogens is 1. The predicted octanol–water partition coefficient (Wildman–Crippen LogP) is 1.90. The first-order valence-corrected chi connectivity index (χ1v) is 7.66. The monoisotopic (exact) mass is 326 g/mol. The molecule has 0 spiro atoms. The Balaban J connectivity index is 2.43. The fourth-order valence-corrected chi connectivity index (χ4v) is 3.24. The zero-order valence-corrected chi connectivity index (χ0v) is 13.7. The van der Waals surface area contributed by atoms with Gasteiger partial charge < -0.3 is 9.67 Å². The van der Waals surface area contributed by atoms with Gasteiger partial charge >= 0.3 is 5.97 Å². The lowest BCUT2D eigenvalue weighted by Gasteiger charge is -2.24. The summed E-state index contributed by atoms with van der Waals surface area (Å²) >= 11 is 0. The Morgan fingerprint density at radius 2 is 1.92 bits per heavy atom. The van der Waals surface area contributed by atoms with Crippen LogP contribution in [-0.2, 0) is 16.6 Å². The number of benzene rings is 1. The van der Waals surface area contributed by atoms with Crippen LogP contribution in [0.4, 0.5) is 5.69 Å². The molecule has 2 heterocycles. The van der Waals surface area contributed by atoms with Crippen molar-refractivity contribution < 1.29 is 14.7 Å². The van der Waals surface area contributed by atoms with Crippen molar-refractivity contribution in [2.24, 2.45) is 7.05 Å². The number of carbonyl (C=O) groups excluding carboxylic acids is 1. The Morgan fingerprint density at radius 1 is 1.25 bits per heavy atom. The van der Waals surface area contributed by atoms with Gasteiger partial charge in [0.15, 0.2) is 0 Å². The number of anilines is 1. The van der Waals surface area contributed by atoms with E-state index in [2.05, 4.69) is 0 Å². The van der Waals surface area contributed by atoms with Gasteiger partial charge in [0.1, 0.15) is 6.54 Å². The van der Waals surface area contributed by atoms with E-state index in [1.807, 2.05) is 24.3 Å². The second kappa shape index (κ2) is 5.63. The van der Waals surface area contributed by atoms with E-state index in [-0.39, 0.29) is 11.5 Å². The molecule has 0 saturated carbocycles. The summed E-state index contributed by atoms with van der Waals surface area (Å²) in [6.07, 6.45) is 0. The Bertz CT molecular complexity index is 914. The van der Waals surface area contributed by atoms with E-state index in [0.29, 0.717) is 11.4 Å². The van der Waals surface area contributed by atoms with Crippen LogP contribution in [0.25, 0.3) is 11.1 Å². The lowest BCUT2D eigenvalue weighted by atomic mass is 9.92. The van der Waals surface area contributed by atoms with E-state index in [1.54, 1.807) is 20.9 Å². The number of hydrogen-bond acceptors (Lipinski definition) is 3. The van der Waals surface area contributed by atoms with E-state index >= 15 is 0 Å². The van der Waals surface area contributed by atoms with Crippen molar-refractivity contribution in [3.05, 3.63) is 51.9 Å². The first-order valence-electron chi connectivity index (χ1n) is 7.66. The SMILES string of the molecule is Cc1c2c(cc(=O)n1C)N(CC(=O)O)C(=O)C(C)c1ccccc1-2. The number of fused-ring (bicyclic) bond motifs is 3. The number of aliphatic carboxylic acids is 1. The molecule has 1 unspecified atom stereocenters. The first-order chi connectivity index (χ1) is 11.3. The molecule has 6 nitrogen and oxygen atoms in total. The quantitative estimate of drug-likeness (QED) is 0.914. The van der Waals surface area contributed by atoms with E-state index < -0.39 is 18.4 Å². The van der Waals surface area contributed by atoms with Crippen molar-refractivity contribution in [1.29, 1.82) is 0 Å². The lowest BCUT2D eigenvalue weighted by Crippen LogP contribution is -2.38. The molecule has 24 heavy (non-hydrogen) atoms. The normalized spacial score (nSPS) is 16.4. The minimum atomic E-state index is -1.12. The zero-order chi connectivity index (χ0) is 17.6. The van der Waals surface area contributed by atoms with Crippen molar-refractivity contribution in [1.82, 2.24) is 4.57 Å². The van der Waals surface area contributed by atoms with Gasteiger partial charge in [0.2, 0.25) is 5.91 Å². The topological polar surface area (TPSA) is 79.6 Å². The fourth-order valence-electron chi connectivity index (χ4n) is 3.24. The number of pyridine rings is 1. The van der Waals surface area contributed by atoms with Gasteiger partial charge in [0, 0.05) is 24.4 Å². The molecule has 1 aliphatic rings. The molecule has 0 fully saturated rings. The molecule has 6 heteroatoms. The summed E-state index contributed by atoms with van der Waals surface area (Å²) in [4.78, 5) is 37.6. The van der Waals surface area contributed by atoms with Crippen molar-refractivity contribution in [2.75, 3.05) is 11.4 Å². The molecule has 1 aromatic heterocycles. The van der Waals surface area contributed by atoms with Crippen LogP contribution in [0, 0.1) is 6.92 Å². The van der Waals surface area contributed by atoms with Crippen molar-refractivity contribution in [2.45, 2.75) is 19.8 Å². The number of nitrogens with zero attached hydrogens (tertiary/aromatic N) is 2. The van der Waals surface area contributed by atoms with Gasteiger partial charge in [-0.15, -0.1) is 0 Å².